The lowest BCUT2D eigenvalue weighted by atomic mass is 10.0. The van der Waals surface area contributed by atoms with Gasteiger partial charge in [-0.1, -0.05) is 17.7 Å². The number of aryl methyl sites for hydroxylation is 1. The summed E-state index contributed by atoms with van der Waals surface area (Å²) in [7, 11) is 3.81. The van der Waals surface area contributed by atoms with Crippen LogP contribution in [-0.2, 0) is 4.79 Å². The van der Waals surface area contributed by atoms with E-state index in [9.17, 15) is 14.4 Å². The lowest BCUT2D eigenvalue weighted by Crippen LogP contribution is -2.13. The van der Waals surface area contributed by atoms with E-state index >= 15 is 0 Å². The van der Waals surface area contributed by atoms with Gasteiger partial charge in [-0.25, -0.2) is 4.39 Å². The number of benzene rings is 2. The molecule has 9 heteroatoms. The van der Waals surface area contributed by atoms with Gasteiger partial charge in [0.1, 0.15) is 17.6 Å². The molecule has 0 radical (unpaired) electrons. The summed E-state index contributed by atoms with van der Waals surface area (Å²) < 4.78 is 19.4. The molecule has 0 fully saturated rings. The molecule has 1 amide bonds. The molecule has 2 N–H and O–H groups in total. The quantitative estimate of drug-likeness (QED) is 0.418. The molecule has 0 saturated heterocycles. The fraction of sp³-hybridized carbons (Fsp3) is 0.240. The maximum atomic E-state index is 13.6. The van der Waals surface area contributed by atoms with Crippen molar-refractivity contribution < 1.29 is 13.9 Å². The van der Waals surface area contributed by atoms with Crippen LogP contribution < -0.4 is 15.4 Å². The summed E-state index contributed by atoms with van der Waals surface area (Å²) in [4.78, 5) is 19.0. The number of nitriles is 1. The largest absolute Gasteiger partial charge is 0.492 e. The SMILES string of the molecule is CCOc1cc2nc(C)c(C#N)c(Nc3ccc(F)c(Cl)c3)c2cc1NC(=O)/C=C/CN(C)C. The first-order chi connectivity index (χ1) is 16.2. The molecule has 0 atom stereocenters. The van der Waals surface area contributed by atoms with Crippen LogP contribution in [0, 0.1) is 24.1 Å². The van der Waals surface area contributed by atoms with Gasteiger partial charge in [0.15, 0.2) is 0 Å². The first-order valence-corrected chi connectivity index (χ1v) is 11.0. The predicted molar refractivity (Wildman–Crippen MR) is 133 cm³/mol. The van der Waals surface area contributed by atoms with Crippen molar-refractivity contribution in [3.63, 3.8) is 0 Å². The van der Waals surface area contributed by atoms with Gasteiger partial charge in [-0.3, -0.25) is 9.78 Å². The first kappa shape index (κ1) is 25.0. The molecule has 0 bridgehead atoms. The van der Waals surface area contributed by atoms with Crippen molar-refractivity contribution in [3.05, 3.63) is 64.6 Å². The number of amides is 1. The topological polar surface area (TPSA) is 90.3 Å². The maximum absolute atomic E-state index is 13.6. The average molecular weight is 482 g/mol. The molecule has 176 valence electrons. The lowest BCUT2D eigenvalue weighted by molar-refractivity contribution is -0.111. The molecule has 1 heterocycles. The summed E-state index contributed by atoms with van der Waals surface area (Å²) in [6.07, 6.45) is 3.20. The van der Waals surface area contributed by atoms with Crippen molar-refractivity contribution in [2.24, 2.45) is 0 Å². The second-order valence-electron chi connectivity index (χ2n) is 7.77. The lowest BCUT2D eigenvalue weighted by Gasteiger charge is -2.17. The van der Waals surface area contributed by atoms with E-state index in [2.05, 4.69) is 21.7 Å². The number of carbonyl (C=O) groups is 1. The van der Waals surface area contributed by atoms with E-state index in [0.29, 0.717) is 58.1 Å². The highest BCUT2D eigenvalue weighted by atomic mass is 35.5. The molecule has 0 aliphatic rings. The molecule has 1 aromatic heterocycles. The summed E-state index contributed by atoms with van der Waals surface area (Å²) in [6.45, 7) is 4.58. The van der Waals surface area contributed by atoms with Crippen molar-refractivity contribution in [3.8, 4) is 11.8 Å². The fourth-order valence-corrected chi connectivity index (χ4v) is 3.50. The van der Waals surface area contributed by atoms with Crippen molar-refractivity contribution in [1.82, 2.24) is 9.88 Å². The van der Waals surface area contributed by atoms with Crippen LogP contribution in [0.4, 0.5) is 21.5 Å². The number of carbonyl (C=O) groups excluding carboxylic acids is 1. The van der Waals surface area contributed by atoms with E-state index in [1.807, 2.05) is 25.9 Å². The number of hydrogen-bond donors (Lipinski definition) is 2. The summed E-state index contributed by atoms with van der Waals surface area (Å²) in [5, 5.41) is 16.4. The number of nitrogens with zero attached hydrogens (tertiary/aromatic N) is 3. The Bertz CT molecular complexity index is 1300. The highest BCUT2D eigenvalue weighted by molar-refractivity contribution is 6.31. The highest BCUT2D eigenvalue weighted by Gasteiger charge is 2.17. The number of rotatable bonds is 8. The van der Waals surface area contributed by atoms with Gasteiger partial charge < -0.3 is 20.3 Å². The Hall–Kier alpha value is -3.67. The van der Waals surface area contributed by atoms with E-state index in [-0.39, 0.29) is 10.9 Å². The molecular formula is C25H25ClFN5O2. The second-order valence-corrected chi connectivity index (χ2v) is 8.17. The van der Waals surface area contributed by atoms with Crippen LogP contribution in [-0.4, -0.2) is 43.0 Å². The second kappa shape index (κ2) is 11.0. The number of fused-ring (bicyclic) bond motifs is 1. The molecule has 0 unspecified atom stereocenters. The summed E-state index contributed by atoms with van der Waals surface area (Å²) in [5.41, 5.74) is 2.80. The number of hydrogen-bond acceptors (Lipinski definition) is 6. The number of likely N-dealkylation sites (N-methyl/N-ethyl adjacent to an activating group) is 1. The number of aromatic nitrogens is 1. The monoisotopic (exact) mass is 481 g/mol. The van der Waals surface area contributed by atoms with Gasteiger partial charge in [-0.15, -0.1) is 0 Å². The Kier molecular flexibility index (Phi) is 8.05. The third-order valence-electron chi connectivity index (χ3n) is 4.87. The fourth-order valence-electron chi connectivity index (χ4n) is 3.32. The van der Waals surface area contributed by atoms with E-state index in [1.54, 1.807) is 25.1 Å². The average Bonchev–Trinajstić information content (AvgIpc) is 2.77. The molecule has 34 heavy (non-hydrogen) atoms. The normalized spacial score (nSPS) is 11.1. The number of nitrogens with one attached hydrogen (secondary N) is 2. The van der Waals surface area contributed by atoms with Crippen LogP contribution in [0.2, 0.25) is 5.02 Å². The summed E-state index contributed by atoms with van der Waals surface area (Å²) >= 11 is 5.94. The van der Waals surface area contributed by atoms with Gasteiger partial charge in [-0.05, 0) is 52.2 Å². The van der Waals surface area contributed by atoms with Gasteiger partial charge in [0.05, 0.1) is 39.8 Å². The van der Waals surface area contributed by atoms with E-state index in [0.717, 1.165) is 0 Å². The maximum Gasteiger partial charge on any atom is 0.248 e. The Balaban J connectivity index is 2.13. The smallest absolute Gasteiger partial charge is 0.248 e. The van der Waals surface area contributed by atoms with E-state index in [1.165, 1.54) is 24.3 Å². The van der Waals surface area contributed by atoms with Crippen molar-refractivity contribution in [2.45, 2.75) is 13.8 Å². The summed E-state index contributed by atoms with van der Waals surface area (Å²) in [5.74, 6) is -0.406. The Morgan fingerprint density at radius 2 is 2.09 bits per heavy atom. The van der Waals surface area contributed by atoms with Crippen molar-refractivity contribution >= 4 is 45.5 Å². The van der Waals surface area contributed by atoms with E-state index < -0.39 is 5.82 Å². The highest BCUT2D eigenvalue weighted by Crippen LogP contribution is 2.37. The molecular weight excluding hydrogens is 457 g/mol. The van der Waals surface area contributed by atoms with Gasteiger partial charge in [-0.2, -0.15) is 5.26 Å². The minimum atomic E-state index is -0.544. The van der Waals surface area contributed by atoms with Crippen LogP contribution in [0.5, 0.6) is 5.75 Å². The number of pyridine rings is 1. The molecule has 3 aromatic rings. The molecule has 2 aromatic carbocycles. The third kappa shape index (κ3) is 5.81. The Labute approximate surface area is 202 Å². The Morgan fingerprint density at radius 3 is 2.74 bits per heavy atom. The van der Waals surface area contributed by atoms with Crippen LogP contribution in [0.3, 0.4) is 0 Å². The minimum Gasteiger partial charge on any atom is -0.492 e. The third-order valence-corrected chi connectivity index (χ3v) is 5.16. The van der Waals surface area contributed by atoms with Crippen molar-refractivity contribution in [1.29, 1.82) is 5.26 Å². The molecule has 3 rings (SSSR count). The zero-order valence-corrected chi connectivity index (χ0v) is 20.1. The Morgan fingerprint density at radius 1 is 1.32 bits per heavy atom. The van der Waals surface area contributed by atoms with Gasteiger partial charge >= 0.3 is 0 Å². The molecule has 0 saturated carbocycles. The molecule has 0 aliphatic heterocycles. The van der Waals surface area contributed by atoms with Crippen LogP contribution in [0.15, 0.2) is 42.5 Å². The zero-order chi connectivity index (χ0) is 24.8. The summed E-state index contributed by atoms with van der Waals surface area (Å²) in [6, 6.07) is 9.80. The predicted octanol–water partition coefficient (Wildman–Crippen LogP) is 5.41. The zero-order valence-electron chi connectivity index (χ0n) is 19.4. The van der Waals surface area contributed by atoms with Gasteiger partial charge in [0, 0.05) is 29.8 Å². The van der Waals surface area contributed by atoms with Crippen LogP contribution in [0.1, 0.15) is 18.2 Å². The minimum absolute atomic E-state index is 0.0466. The first-order valence-electron chi connectivity index (χ1n) is 10.6. The number of anilines is 3. The standard InChI is InChI=1S/C25H25ClFN5O2/c1-5-34-23-13-21-17(12-22(23)31-24(33)7-6-10-32(3)4)25(18(14-28)15(2)29-21)30-16-8-9-20(27)19(26)11-16/h6-9,11-13H,5,10H2,1-4H3,(H,29,30)(H,31,33)/b7-6+. The number of ether oxygens (including phenoxy) is 1. The molecule has 7 nitrogen and oxygen atoms in total. The van der Waals surface area contributed by atoms with Crippen molar-refractivity contribution in [2.75, 3.05) is 37.9 Å². The van der Waals surface area contributed by atoms with E-state index in [4.69, 9.17) is 16.3 Å². The van der Waals surface area contributed by atoms with Crippen LogP contribution >= 0.6 is 11.6 Å². The van der Waals surface area contributed by atoms with Gasteiger partial charge in [0.2, 0.25) is 5.91 Å². The van der Waals surface area contributed by atoms with Crippen LogP contribution in [0.25, 0.3) is 10.9 Å². The van der Waals surface area contributed by atoms with Gasteiger partial charge in [0.25, 0.3) is 0 Å². The molecule has 0 aliphatic carbocycles. The number of halogens is 2. The molecule has 0 spiro atoms.